The number of carboxylic acids is 2. The van der Waals surface area contributed by atoms with Crippen LogP contribution in [0.5, 0.6) is 0 Å². The summed E-state index contributed by atoms with van der Waals surface area (Å²) in [6.07, 6.45) is -0.463. The molecule has 0 bridgehead atoms. The average Bonchev–Trinajstić information content (AvgIpc) is 2.02. The molecule has 0 aromatic heterocycles. The number of nitrogens with one attached hydrogen (secondary N) is 2. The molecule has 8 nitrogen and oxygen atoms in total. The molecule has 1 atom stereocenters. The van der Waals surface area contributed by atoms with Gasteiger partial charge in [-0.05, 0) is 6.42 Å². The van der Waals surface area contributed by atoms with Crippen LogP contribution >= 0.6 is 0 Å². The van der Waals surface area contributed by atoms with Gasteiger partial charge in [-0.3, -0.25) is 15.0 Å². The molecule has 0 fully saturated rings. The molecular formula is C6H11N3O5. The van der Waals surface area contributed by atoms with Crippen molar-refractivity contribution in [1.29, 1.82) is 0 Å². The van der Waals surface area contributed by atoms with Gasteiger partial charge in [0.15, 0.2) is 0 Å². The molecule has 1 unspecified atom stereocenters. The number of carbonyl (C=O) groups excluding carboxylic acids is 1. The second-order valence-electron chi connectivity index (χ2n) is 2.46. The van der Waals surface area contributed by atoms with Gasteiger partial charge in [-0.25, -0.2) is 10.2 Å². The summed E-state index contributed by atoms with van der Waals surface area (Å²) in [5.41, 5.74) is 8.63. The van der Waals surface area contributed by atoms with Crippen molar-refractivity contribution in [3.63, 3.8) is 0 Å². The van der Waals surface area contributed by atoms with Gasteiger partial charge in [0.05, 0.1) is 0 Å². The fourth-order valence-corrected chi connectivity index (χ4v) is 0.683. The van der Waals surface area contributed by atoms with E-state index in [-0.39, 0.29) is 12.8 Å². The van der Waals surface area contributed by atoms with Gasteiger partial charge < -0.3 is 15.9 Å². The molecule has 0 aromatic carbocycles. The molecule has 0 heterocycles. The quantitative estimate of drug-likeness (QED) is 0.333. The molecule has 0 aliphatic heterocycles. The van der Waals surface area contributed by atoms with Gasteiger partial charge in [0.25, 0.3) is 0 Å². The molecule has 0 aliphatic carbocycles. The van der Waals surface area contributed by atoms with E-state index in [0.29, 0.717) is 0 Å². The van der Waals surface area contributed by atoms with Gasteiger partial charge in [-0.15, -0.1) is 0 Å². The first kappa shape index (κ1) is 12.2. The Kier molecular flexibility index (Phi) is 5.00. The van der Waals surface area contributed by atoms with E-state index in [1.54, 1.807) is 0 Å². The van der Waals surface area contributed by atoms with Crippen molar-refractivity contribution in [3.05, 3.63) is 0 Å². The lowest BCUT2D eigenvalue weighted by Crippen LogP contribution is -2.50. The summed E-state index contributed by atoms with van der Waals surface area (Å²) in [5, 5.41) is 16.8. The third kappa shape index (κ3) is 5.77. The van der Waals surface area contributed by atoms with Gasteiger partial charge in [0.1, 0.15) is 6.04 Å². The normalized spacial score (nSPS) is 11.7. The third-order valence-electron chi connectivity index (χ3n) is 1.31. The Morgan fingerprint density at radius 3 is 2.21 bits per heavy atom. The lowest BCUT2D eigenvalue weighted by molar-refractivity contribution is -0.140. The predicted molar refractivity (Wildman–Crippen MR) is 44.1 cm³/mol. The van der Waals surface area contributed by atoms with E-state index in [4.69, 9.17) is 10.2 Å². The Hall–Kier alpha value is -1.83. The highest BCUT2D eigenvalue weighted by molar-refractivity contribution is 5.76. The summed E-state index contributed by atoms with van der Waals surface area (Å²) < 4.78 is 0. The van der Waals surface area contributed by atoms with Crippen LogP contribution in [0.4, 0.5) is 4.79 Å². The zero-order chi connectivity index (χ0) is 11.1. The molecule has 0 aliphatic rings. The topological polar surface area (TPSA) is 142 Å². The molecule has 0 rings (SSSR count). The minimum Gasteiger partial charge on any atom is -0.481 e. The van der Waals surface area contributed by atoms with Gasteiger partial charge in [0, 0.05) is 6.42 Å². The molecule has 14 heavy (non-hydrogen) atoms. The highest BCUT2D eigenvalue weighted by Gasteiger charge is 2.18. The Bertz CT molecular complexity index is 224. The van der Waals surface area contributed by atoms with Crippen LogP contribution in [-0.2, 0) is 9.59 Å². The van der Waals surface area contributed by atoms with Crippen molar-refractivity contribution in [1.82, 2.24) is 10.9 Å². The van der Waals surface area contributed by atoms with Crippen molar-refractivity contribution in [2.75, 3.05) is 0 Å². The van der Waals surface area contributed by atoms with Crippen LogP contribution in [0.15, 0.2) is 0 Å². The molecule has 0 aromatic rings. The van der Waals surface area contributed by atoms with E-state index in [9.17, 15) is 14.4 Å². The SMILES string of the molecule is NC(=O)NNC(CCC(=O)O)C(=O)O. The predicted octanol–water partition coefficient (Wildman–Crippen LogP) is -1.52. The molecule has 0 saturated heterocycles. The number of amides is 2. The first-order chi connectivity index (χ1) is 6.43. The van der Waals surface area contributed by atoms with Crippen LogP contribution < -0.4 is 16.6 Å². The number of hydrogen-bond acceptors (Lipinski definition) is 4. The monoisotopic (exact) mass is 205 g/mol. The van der Waals surface area contributed by atoms with Gasteiger partial charge in [-0.2, -0.15) is 0 Å². The van der Waals surface area contributed by atoms with Crippen LogP contribution in [0.2, 0.25) is 0 Å². The molecule has 2 amide bonds. The van der Waals surface area contributed by atoms with Gasteiger partial charge in [0.2, 0.25) is 0 Å². The highest BCUT2D eigenvalue weighted by Crippen LogP contribution is 1.96. The molecule has 0 spiro atoms. The number of nitrogens with two attached hydrogens (primary N) is 1. The van der Waals surface area contributed by atoms with Crippen LogP contribution in [-0.4, -0.2) is 34.2 Å². The summed E-state index contributed by atoms with van der Waals surface area (Å²) in [6, 6.07) is -2.11. The first-order valence-corrected chi connectivity index (χ1v) is 3.69. The summed E-state index contributed by atoms with van der Waals surface area (Å²) in [5.74, 6) is -2.38. The van der Waals surface area contributed by atoms with Crippen LogP contribution in [0.25, 0.3) is 0 Å². The number of hydrazine groups is 1. The highest BCUT2D eigenvalue weighted by atomic mass is 16.4. The number of rotatable bonds is 6. The van der Waals surface area contributed by atoms with E-state index in [1.165, 1.54) is 0 Å². The minimum atomic E-state index is -1.26. The van der Waals surface area contributed by atoms with Gasteiger partial charge in [-0.1, -0.05) is 0 Å². The van der Waals surface area contributed by atoms with Crippen molar-refractivity contribution < 1.29 is 24.6 Å². The summed E-state index contributed by atoms with van der Waals surface area (Å²) in [7, 11) is 0. The lowest BCUT2D eigenvalue weighted by Gasteiger charge is -2.12. The molecule has 0 saturated carbocycles. The average molecular weight is 205 g/mol. The lowest BCUT2D eigenvalue weighted by atomic mass is 10.2. The Morgan fingerprint density at radius 2 is 1.86 bits per heavy atom. The molecule has 6 N–H and O–H groups in total. The molecule has 80 valence electrons. The van der Waals surface area contributed by atoms with Crippen LogP contribution in [0, 0.1) is 0 Å². The second-order valence-corrected chi connectivity index (χ2v) is 2.46. The number of primary amides is 1. The van der Waals surface area contributed by atoms with Crippen LogP contribution in [0.3, 0.4) is 0 Å². The Balaban J connectivity index is 3.96. The summed E-state index contributed by atoms with van der Waals surface area (Å²) in [6.45, 7) is 0. The number of urea groups is 1. The van der Waals surface area contributed by atoms with Crippen molar-refractivity contribution in [2.45, 2.75) is 18.9 Å². The van der Waals surface area contributed by atoms with Crippen molar-refractivity contribution in [3.8, 4) is 0 Å². The largest absolute Gasteiger partial charge is 0.481 e. The maximum absolute atomic E-state index is 10.5. The molecule has 8 heteroatoms. The van der Waals surface area contributed by atoms with E-state index < -0.39 is 24.0 Å². The fourth-order valence-electron chi connectivity index (χ4n) is 0.683. The van der Waals surface area contributed by atoms with Crippen molar-refractivity contribution in [2.24, 2.45) is 5.73 Å². The number of carboxylic acid groups (broad SMARTS) is 2. The van der Waals surface area contributed by atoms with E-state index in [1.807, 2.05) is 5.43 Å². The smallest absolute Gasteiger partial charge is 0.326 e. The third-order valence-corrected chi connectivity index (χ3v) is 1.31. The zero-order valence-electron chi connectivity index (χ0n) is 7.19. The van der Waals surface area contributed by atoms with E-state index in [0.717, 1.165) is 0 Å². The maximum atomic E-state index is 10.5. The van der Waals surface area contributed by atoms with Crippen LogP contribution in [0.1, 0.15) is 12.8 Å². The first-order valence-electron chi connectivity index (χ1n) is 3.69. The Morgan fingerprint density at radius 1 is 1.29 bits per heavy atom. The zero-order valence-corrected chi connectivity index (χ0v) is 7.19. The van der Waals surface area contributed by atoms with Gasteiger partial charge >= 0.3 is 18.0 Å². The standard InChI is InChI=1S/C6H11N3O5/c7-6(14)9-8-3(5(12)13)1-2-4(10)11/h3,8H,1-2H2,(H,10,11)(H,12,13)(H3,7,9,14). The van der Waals surface area contributed by atoms with Crippen molar-refractivity contribution >= 4 is 18.0 Å². The minimum absolute atomic E-state index is 0.148. The second kappa shape index (κ2) is 5.75. The fraction of sp³-hybridized carbons (Fsp3) is 0.500. The maximum Gasteiger partial charge on any atom is 0.326 e. The summed E-state index contributed by atoms with van der Waals surface area (Å²) in [4.78, 5) is 30.8. The molecular weight excluding hydrogens is 194 g/mol. The van der Waals surface area contributed by atoms with E-state index >= 15 is 0 Å². The summed E-state index contributed by atoms with van der Waals surface area (Å²) >= 11 is 0. The Labute approximate surface area is 79.0 Å². The number of carbonyl (C=O) groups is 3. The number of hydrogen-bond donors (Lipinski definition) is 5. The molecule has 0 radical (unpaired) electrons. The number of aliphatic carboxylic acids is 2. The van der Waals surface area contributed by atoms with E-state index in [2.05, 4.69) is 11.2 Å².